The molecular formula is C11H19N5O3S. The molecular weight excluding hydrogens is 282 g/mol. The Morgan fingerprint density at radius 3 is 2.55 bits per heavy atom. The van der Waals surface area contributed by atoms with Gasteiger partial charge in [-0.05, 0) is 6.07 Å². The standard InChI is InChI=1S/C11H19N5O3S/c1-15(2)11-12-6-5-9(14-11)7-13-10(17)8-16(3)20(4,18)19/h5-6H,7-8H2,1-4H3,(H,13,17). The largest absolute Gasteiger partial charge is 0.349 e. The van der Waals surface area contributed by atoms with Crippen LogP contribution >= 0.6 is 0 Å². The van der Waals surface area contributed by atoms with Gasteiger partial charge in [0.05, 0.1) is 25.0 Å². The number of nitrogens with zero attached hydrogens (tertiary/aromatic N) is 4. The molecule has 0 fully saturated rings. The molecule has 0 saturated carbocycles. The zero-order valence-electron chi connectivity index (χ0n) is 12.0. The number of aromatic nitrogens is 2. The molecule has 0 aliphatic carbocycles. The van der Waals surface area contributed by atoms with Crippen molar-refractivity contribution >= 4 is 21.9 Å². The number of carbonyl (C=O) groups is 1. The maximum absolute atomic E-state index is 11.6. The van der Waals surface area contributed by atoms with Crippen LogP contribution in [0.1, 0.15) is 5.69 Å². The van der Waals surface area contributed by atoms with Crippen molar-refractivity contribution in [1.82, 2.24) is 19.6 Å². The predicted molar refractivity (Wildman–Crippen MR) is 75.7 cm³/mol. The topological polar surface area (TPSA) is 95.5 Å². The van der Waals surface area contributed by atoms with E-state index in [1.54, 1.807) is 17.2 Å². The molecule has 1 heterocycles. The lowest BCUT2D eigenvalue weighted by atomic mass is 10.4. The fraction of sp³-hybridized carbons (Fsp3) is 0.545. The fourth-order valence-electron chi connectivity index (χ4n) is 1.26. The summed E-state index contributed by atoms with van der Waals surface area (Å²) in [7, 11) is 1.63. The van der Waals surface area contributed by atoms with Crippen LogP contribution in [0.25, 0.3) is 0 Å². The van der Waals surface area contributed by atoms with Crippen LogP contribution in [-0.2, 0) is 21.4 Å². The summed E-state index contributed by atoms with van der Waals surface area (Å²) in [6, 6.07) is 1.69. The van der Waals surface area contributed by atoms with E-state index in [0.717, 1.165) is 10.6 Å². The van der Waals surface area contributed by atoms with Gasteiger partial charge in [-0.3, -0.25) is 4.79 Å². The van der Waals surface area contributed by atoms with Gasteiger partial charge >= 0.3 is 0 Å². The maximum atomic E-state index is 11.6. The fourth-order valence-corrected chi connectivity index (χ4v) is 1.61. The van der Waals surface area contributed by atoms with Crippen LogP contribution in [0.4, 0.5) is 5.95 Å². The van der Waals surface area contributed by atoms with Gasteiger partial charge in [0, 0.05) is 27.3 Å². The molecule has 1 N–H and O–H groups in total. The summed E-state index contributed by atoms with van der Waals surface area (Å²) in [4.78, 5) is 21.7. The number of carbonyl (C=O) groups excluding carboxylic acids is 1. The minimum Gasteiger partial charge on any atom is -0.349 e. The number of sulfonamides is 1. The molecule has 1 amide bonds. The van der Waals surface area contributed by atoms with Gasteiger partial charge < -0.3 is 10.2 Å². The van der Waals surface area contributed by atoms with E-state index in [0.29, 0.717) is 11.6 Å². The van der Waals surface area contributed by atoms with Crippen molar-refractivity contribution < 1.29 is 13.2 Å². The van der Waals surface area contributed by atoms with Crippen LogP contribution in [0.3, 0.4) is 0 Å². The lowest BCUT2D eigenvalue weighted by Crippen LogP contribution is -2.37. The molecule has 1 aromatic rings. The quantitative estimate of drug-likeness (QED) is 0.728. The highest BCUT2D eigenvalue weighted by molar-refractivity contribution is 7.88. The number of likely N-dealkylation sites (N-methyl/N-ethyl adjacent to an activating group) is 1. The third-order valence-electron chi connectivity index (χ3n) is 2.50. The van der Waals surface area contributed by atoms with Crippen LogP contribution in [0.2, 0.25) is 0 Å². The summed E-state index contributed by atoms with van der Waals surface area (Å²) in [5.74, 6) is 0.160. The maximum Gasteiger partial charge on any atom is 0.235 e. The van der Waals surface area contributed by atoms with E-state index in [2.05, 4.69) is 15.3 Å². The summed E-state index contributed by atoms with van der Waals surface area (Å²) in [6.07, 6.45) is 2.65. The van der Waals surface area contributed by atoms with Gasteiger partial charge in [0.2, 0.25) is 21.9 Å². The van der Waals surface area contributed by atoms with Crippen LogP contribution in [-0.4, -0.2) is 62.5 Å². The van der Waals surface area contributed by atoms with E-state index in [4.69, 9.17) is 0 Å². The highest BCUT2D eigenvalue weighted by atomic mass is 32.2. The first-order valence-corrected chi connectivity index (χ1v) is 7.72. The Kier molecular flexibility index (Phi) is 5.40. The number of hydrogen-bond acceptors (Lipinski definition) is 6. The van der Waals surface area contributed by atoms with Gasteiger partial charge in [-0.15, -0.1) is 0 Å². The molecule has 0 radical (unpaired) electrons. The summed E-state index contributed by atoms with van der Waals surface area (Å²) in [5.41, 5.74) is 0.652. The van der Waals surface area contributed by atoms with Gasteiger partial charge in [-0.25, -0.2) is 18.4 Å². The van der Waals surface area contributed by atoms with Gasteiger partial charge in [0.1, 0.15) is 0 Å². The molecule has 0 atom stereocenters. The van der Waals surface area contributed by atoms with Crippen LogP contribution in [0.15, 0.2) is 12.3 Å². The number of amides is 1. The molecule has 8 nitrogen and oxygen atoms in total. The van der Waals surface area contributed by atoms with E-state index < -0.39 is 10.0 Å². The molecule has 1 rings (SSSR count). The number of nitrogens with one attached hydrogen (secondary N) is 1. The monoisotopic (exact) mass is 301 g/mol. The zero-order valence-corrected chi connectivity index (χ0v) is 12.8. The van der Waals surface area contributed by atoms with Gasteiger partial charge in [0.15, 0.2) is 0 Å². The first kappa shape index (κ1) is 16.3. The molecule has 0 aromatic carbocycles. The Hall–Kier alpha value is -1.74. The molecule has 0 bridgehead atoms. The Labute approximate surface area is 118 Å². The molecule has 20 heavy (non-hydrogen) atoms. The van der Waals surface area contributed by atoms with E-state index in [1.165, 1.54) is 7.05 Å². The Bertz CT molecular complexity index is 573. The van der Waals surface area contributed by atoms with Crippen LogP contribution < -0.4 is 10.2 Å². The summed E-state index contributed by atoms with van der Waals surface area (Å²) >= 11 is 0. The first-order valence-electron chi connectivity index (χ1n) is 5.87. The third-order valence-corrected chi connectivity index (χ3v) is 3.76. The van der Waals surface area contributed by atoms with Gasteiger partial charge in [0.25, 0.3) is 0 Å². The Morgan fingerprint density at radius 2 is 2.00 bits per heavy atom. The van der Waals surface area contributed by atoms with Crippen molar-refractivity contribution in [2.45, 2.75) is 6.54 Å². The Morgan fingerprint density at radius 1 is 1.35 bits per heavy atom. The van der Waals surface area contributed by atoms with Crippen molar-refractivity contribution in [3.05, 3.63) is 18.0 Å². The lowest BCUT2D eigenvalue weighted by molar-refractivity contribution is -0.121. The van der Waals surface area contributed by atoms with Crippen molar-refractivity contribution in [1.29, 1.82) is 0 Å². The molecule has 0 aliphatic rings. The van der Waals surface area contributed by atoms with Crippen LogP contribution in [0, 0.1) is 0 Å². The lowest BCUT2D eigenvalue weighted by Gasteiger charge is -2.14. The molecule has 0 unspecified atom stereocenters. The average Bonchev–Trinajstić information content (AvgIpc) is 2.35. The molecule has 0 saturated heterocycles. The number of anilines is 1. The minimum absolute atomic E-state index is 0.218. The van der Waals surface area contributed by atoms with E-state index in [-0.39, 0.29) is 19.0 Å². The van der Waals surface area contributed by atoms with Crippen molar-refractivity contribution in [3.63, 3.8) is 0 Å². The molecule has 9 heteroatoms. The SMILES string of the molecule is CN(C)c1nccc(CNC(=O)CN(C)S(C)(=O)=O)n1. The van der Waals surface area contributed by atoms with Crippen molar-refractivity contribution in [3.8, 4) is 0 Å². The van der Waals surface area contributed by atoms with Crippen molar-refractivity contribution in [2.24, 2.45) is 0 Å². The highest BCUT2D eigenvalue weighted by Gasteiger charge is 2.14. The third kappa shape index (κ3) is 5.10. The molecule has 0 aliphatic heterocycles. The minimum atomic E-state index is -3.36. The van der Waals surface area contributed by atoms with Gasteiger partial charge in [-0.1, -0.05) is 0 Å². The van der Waals surface area contributed by atoms with E-state index in [9.17, 15) is 13.2 Å². The second-order valence-corrected chi connectivity index (χ2v) is 6.63. The normalized spacial score (nSPS) is 11.4. The average molecular weight is 301 g/mol. The molecule has 0 spiro atoms. The smallest absolute Gasteiger partial charge is 0.235 e. The first-order chi connectivity index (χ1) is 9.20. The van der Waals surface area contributed by atoms with E-state index >= 15 is 0 Å². The highest BCUT2D eigenvalue weighted by Crippen LogP contribution is 2.03. The van der Waals surface area contributed by atoms with Crippen molar-refractivity contribution in [2.75, 3.05) is 38.8 Å². The number of rotatable bonds is 6. The Balaban J connectivity index is 2.55. The molecule has 1 aromatic heterocycles. The number of hydrogen-bond donors (Lipinski definition) is 1. The summed E-state index contributed by atoms with van der Waals surface area (Å²) in [6.45, 7) is 0.00422. The second kappa shape index (κ2) is 6.62. The van der Waals surface area contributed by atoms with Crippen LogP contribution in [0.5, 0.6) is 0 Å². The predicted octanol–water partition coefficient (Wildman–Crippen LogP) is -0.950. The zero-order chi connectivity index (χ0) is 15.3. The van der Waals surface area contributed by atoms with E-state index in [1.807, 2.05) is 14.1 Å². The summed E-state index contributed by atoms with van der Waals surface area (Å²) < 4.78 is 23.3. The second-order valence-electron chi connectivity index (χ2n) is 4.54. The van der Waals surface area contributed by atoms with Gasteiger partial charge in [-0.2, -0.15) is 4.31 Å². The summed E-state index contributed by atoms with van der Waals surface area (Å²) in [5, 5.41) is 2.61. The molecule has 112 valence electrons.